The van der Waals surface area contributed by atoms with Gasteiger partial charge in [-0.2, -0.15) is 0 Å². The summed E-state index contributed by atoms with van der Waals surface area (Å²) in [6.45, 7) is 5.21. The van der Waals surface area contributed by atoms with Crippen molar-refractivity contribution in [2.45, 2.75) is 30.9 Å². The highest BCUT2D eigenvalue weighted by Gasteiger charge is 2.33. The molecule has 1 aromatic carbocycles. The van der Waals surface area contributed by atoms with Crippen molar-refractivity contribution in [1.29, 1.82) is 0 Å². The first-order valence-electron chi connectivity index (χ1n) is 8.18. The molecule has 0 aliphatic carbocycles. The molecule has 0 unspecified atom stereocenters. The van der Waals surface area contributed by atoms with E-state index in [4.69, 9.17) is 4.42 Å². The van der Waals surface area contributed by atoms with Crippen LogP contribution in [0.2, 0.25) is 0 Å². The molecule has 0 bridgehead atoms. The Labute approximate surface area is 152 Å². The predicted molar refractivity (Wildman–Crippen MR) is 96.2 cm³/mol. The number of carbonyl (C=O) groups is 2. The van der Waals surface area contributed by atoms with E-state index in [1.807, 2.05) is 6.07 Å². The van der Waals surface area contributed by atoms with Gasteiger partial charge in [0.25, 0.3) is 0 Å². The van der Waals surface area contributed by atoms with Gasteiger partial charge in [0.2, 0.25) is 0 Å². The van der Waals surface area contributed by atoms with Crippen LogP contribution in [-0.4, -0.2) is 33.3 Å². The number of hydrogen-bond acceptors (Lipinski definition) is 5. The molecule has 8 heteroatoms. The Hall–Kier alpha value is -2.61. The molecule has 2 N–H and O–H groups in total. The Bertz CT molecular complexity index is 888. The zero-order chi connectivity index (χ0) is 19.3. The quantitative estimate of drug-likeness (QED) is 0.744. The van der Waals surface area contributed by atoms with Crippen molar-refractivity contribution >= 4 is 21.7 Å². The number of nitrogens with one attached hydrogen (secondary N) is 2. The van der Waals surface area contributed by atoms with Crippen LogP contribution in [0.5, 0.6) is 0 Å². The predicted octanol–water partition coefficient (Wildman–Crippen LogP) is 1.66. The second-order valence-electron chi connectivity index (χ2n) is 5.89. The maximum absolute atomic E-state index is 13.2. The van der Waals surface area contributed by atoms with Crippen molar-refractivity contribution in [2.24, 2.45) is 0 Å². The lowest BCUT2D eigenvalue weighted by atomic mass is 10.2. The van der Waals surface area contributed by atoms with Gasteiger partial charge < -0.3 is 15.1 Å². The summed E-state index contributed by atoms with van der Waals surface area (Å²) in [5.74, 6) is -1.50. The lowest BCUT2D eigenvalue weighted by Crippen LogP contribution is -2.42. The molecule has 0 spiro atoms. The minimum atomic E-state index is -3.85. The van der Waals surface area contributed by atoms with Crippen molar-refractivity contribution in [1.82, 2.24) is 10.6 Å². The van der Waals surface area contributed by atoms with Crippen LogP contribution >= 0.6 is 0 Å². The van der Waals surface area contributed by atoms with Gasteiger partial charge in [-0.3, -0.25) is 9.59 Å². The fourth-order valence-corrected chi connectivity index (χ4v) is 4.43. The second kappa shape index (κ2) is 8.18. The van der Waals surface area contributed by atoms with Crippen LogP contribution in [0.3, 0.4) is 0 Å². The molecule has 0 saturated carbocycles. The highest BCUT2D eigenvalue weighted by molar-refractivity contribution is 7.91. The van der Waals surface area contributed by atoms with E-state index in [0.29, 0.717) is 12.1 Å². The molecule has 0 radical (unpaired) electrons. The molecule has 0 fully saturated rings. The molecule has 1 aromatic heterocycles. The number of hydrogen-bond donors (Lipinski definition) is 2. The number of rotatable bonds is 6. The number of amides is 2. The molecule has 140 valence electrons. The molecular weight excluding hydrogens is 356 g/mol. The summed E-state index contributed by atoms with van der Waals surface area (Å²) < 4.78 is 31.7. The second-order valence-corrected chi connectivity index (χ2v) is 7.99. The van der Waals surface area contributed by atoms with Crippen molar-refractivity contribution in [3.63, 3.8) is 0 Å². The molecule has 2 rings (SSSR count). The number of benzene rings is 1. The van der Waals surface area contributed by atoms with E-state index >= 15 is 0 Å². The first-order chi connectivity index (χ1) is 12.3. The number of furan rings is 1. The maximum Gasteiger partial charge on any atom is 0.309 e. The summed E-state index contributed by atoms with van der Waals surface area (Å²) in [5.41, 5.74) is 1.40. The smallest absolute Gasteiger partial charge is 0.309 e. The van der Waals surface area contributed by atoms with Crippen LogP contribution in [0.4, 0.5) is 0 Å². The third-order valence-electron chi connectivity index (χ3n) is 3.88. The summed E-state index contributed by atoms with van der Waals surface area (Å²) in [6.07, 6.45) is 1.37. The van der Waals surface area contributed by atoms with Gasteiger partial charge >= 0.3 is 11.8 Å². The first-order valence-corrected chi connectivity index (χ1v) is 9.72. The van der Waals surface area contributed by atoms with E-state index in [1.54, 1.807) is 39.0 Å². The number of likely N-dealkylation sites (N-methyl/N-ethyl adjacent to an activating group) is 1. The van der Waals surface area contributed by atoms with E-state index in [9.17, 15) is 18.0 Å². The molecule has 0 saturated heterocycles. The zero-order valence-corrected chi connectivity index (χ0v) is 15.7. The van der Waals surface area contributed by atoms with Crippen molar-refractivity contribution in [3.8, 4) is 0 Å². The summed E-state index contributed by atoms with van der Waals surface area (Å²) in [7, 11) is -3.85. The lowest BCUT2D eigenvalue weighted by molar-refractivity contribution is -0.139. The molecule has 1 atom stereocenters. The fraction of sp³-hybridized carbons (Fsp3) is 0.333. The van der Waals surface area contributed by atoms with Gasteiger partial charge in [-0.25, -0.2) is 8.42 Å². The van der Waals surface area contributed by atoms with E-state index in [2.05, 4.69) is 10.6 Å². The minimum absolute atomic E-state index is 0.172. The van der Waals surface area contributed by atoms with Crippen LogP contribution in [0.1, 0.15) is 29.1 Å². The molecule has 0 aliphatic rings. The largest absolute Gasteiger partial charge is 0.468 e. The fourth-order valence-electron chi connectivity index (χ4n) is 2.51. The Morgan fingerprint density at radius 2 is 1.81 bits per heavy atom. The molecule has 0 aliphatic heterocycles. The van der Waals surface area contributed by atoms with E-state index in [1.165, 1.54) is 12.3 Å². The zero-order valence-electron chi connectivity index (χ0n) is 14.9. The molecule has 2 amide bonds. The SMILES string of the molecule is CCNC(=O)C(=O)NC[C@@H](c1ccco1)S(=O)(=O)c1cc(C)ccc1C. The number of aryl methyl sites for hydroxylation is 2. The third kappa shape index (κ3) is 4.32. The Kier molecular flexibility index (Phi) is 6.20. The van der Waals surface area contributed by atoms with Gasteiger partial charge in [0.05, 0.1) is 11.2 Å². The Morgan fingerprint density at radius 3 is 2.42 bits per heavy atom. The summed E-state index contributed by atoms with van der Waals surface area (Å²) in [5, 5.41) is 3.60. The number of sulfone groups is 1. The lowest BCUT2D eigenvalue weighted by Gasteiger charge is -2.18. The van der Waals surface area contributed by atoms with Gasteiger partial charge in [-0.15, -0.1) is 0 Å². The van der Waals surface area contributed by atoms with Crippen LogP contribution in [0, 0.1) is 13.8 Å². The van der Waals surface area contributed by atoms with Crippen molar-refractivity contribution in [3.05, 3.63) is 53.5 Å². The van der Waals surface area contributed by atoms with E-state index < -0.39 is 26.9 Å². The summed E-state index contributed by atoms with van der Waals surface area (Å²) in [6, 6.07) is 8.26. The summed E-state index contributed by atoms with van der Waals surface area (Å²) >= 11 is 0. The minimum Gasteiger partial charge on any atom is -0.468 e. The highest BCUT2D eigenvalue weighted by Crippen LogP contribution is 2.31. The average molecular weight is 378 g/mol. The van der Waals surface area contributed by atoms with Gasteiger partial charge in [0, 0.05) is 13.1 Å². The molecule has 1 heterocycles. The van der Waals surface area contributed by atoms with E-state index in [0.717, 1.165) is 5.56 Å². The van der Waals surface area contributed by atoms with Crippen molar-refractivity contribution in [2.75, 3.05) is 13.1 Å². The van der Waals surface area contributed by atoms with Crippen LogP contribution in [0.15, 0.2) is 45.9 Å². The van der Waals surface area contributed by atoms with Crippen LogP contribution < -0.4 is 10.6 Å². The Morgan fingerprint density at radius 1 is 1.12 bits per heavy atom. The number of carbonyl (C=O) groups excluding carboxylic acids is 2. The van der Waals surface area contributed by atoms with E-state index in [-0.39, 0.29) is 17.2 Å². The van der Waals surface area contributed by atoms with Crippen molar-refractivity contribution < 1.29 is 22.4 Å². The first kappa shape index (κ1) is 19.7. The molecule has 7 nitrogen and oxygen atoms in total. The van der Waals surface area contributed by atoms with Gasteiger partial charge in [0.15, 0.2) is 9.84 Å². The molecular formula is C18H22N2O5S. The van der Waals surface area contributed by atoms with Gasteiger partial charge in [0.1, 0.15) is 11.0 Å². The molecule has 2 aromatic rings. The normalized spacial score (nSPS) is 12.4. The monoisotopic (exact) mass is 378 g/mol. The van der Waals surface area contributed by atoms with Crippen LogP contribution in [-0.2, 0) is 19.4 Å². The van der Waals surface area contributed by atoms with Gasteiger partial charge in [-0.1, -0.05) is 12.1 Å². The summed E-state index contributed by atoms with van der Waals surface area (Å²) in [4.78, 5) is 23.6. The highest BCUT2D eigenvalue weighted by atomic mass is 32.2. The van der Waals surface area contributed by atoms with Crippen LogP contribution in [0.25, 0.3) is 0 Å². The average Bonchev–Trinajstić information content (AvgIpc) is 3.11. The topological polar surface area (TPSA) is 105 Å². The Balaban J connectivity index is 2.35. The molecule has 26 heavy (non-hydrogen) atoms. The standard InChI is InChI=1S/C18H22N2O5S/c1-4-19-17(21)18(22)20-11-16(14-6-5-9-25-14)26(23,24)15-10-12(2)7-8-13(15)3/h5-10,16H,4,11H2,1-3H3,(H,19,21)(H,20,22)/t16-/m0/s1. The maximum atomic E-state index is 13.2. The van der Waals surface area contributed by atoms with Gasteiger partial charge in [-0.05, 0) is 50.1 Å². The third-order valence-corrected chi connectivity index (χ3v) is 6.08.